The van der Waals surface area contributed by atoms with Gasteiger partial charge in [0, 0.05) is 33.0 Å². The van der Waals surface area contributed by atoms with Crippen LogP contribution < -0.4 is 9.80 Å². The van der Waals surface area contributed by atoms with Crippen LogP contribution in [0.3, 0.4) is 0 Å². The van der Waals surface area contributed by atoms with Crippen LogP contribution in [-0.2, 0) is 16.2 Å². The van der Waals surface area contributed by atoms with Crippen LogP contribution in [0.1, 0.15) is 86.1 Å². The highest BCUT2D eigenvalue weighted by Crippen LogP contribution is 2.66. The summed E-state index contributed by atoms with van der Waals surface area (Å²) in [6.45, 7) is 19.0. The molecule has 0 N–H and O–H groups in total. The van der Waals surface area contributed by atoms with Crippen LogP contribution in [-0.4, -0.2) is 0 Å². The average Bonchev–Trinajstić information content (AvgIpc) is 3.03. The summed E-state index contributed by atoms with van der Waals surface area (Å²) in [6, 6.07) is 41.5. The average molecular weight is 611 g/mol. The molecule has 0 aliphatic carbocycles. The number of nitrogens with zero attached hydrogens (tertiary/aromatic N) is 2. The molecule has 0 radical (unpaired) electrons. The summed E-state index contributed by atoms with van der Waals surface area (Å²) in [6.07, 6.45) is 0. The van der Waals surface area contributed by atoms with Gasteiger partial charge in [-0.05, 0) is 94.1 Å². The van der Waals surface area contributed by atoms with Gasteiger partial charge in [0.05, 0.1) is 22.7 Å². The van der Waals surface area contributed by atoms with E-state index in [9.17, 15) is 0 Å². The third kappa shape index (κ3) is 3.62. The van der Waals surface area contributed by atoms with Crippen LogP contribution in [0.25, 0.3) is 10.8 Å². The summed E-state index contributed by atoms with van der Waals surface area (Å²) in [7, 11) is 0. The Labute approximate surface area is 279 Å². The maximum Gasteiger partial charge on any atom is 0.0545 e. The minimum absolute atomic E-state index is 0.0948. The first kappa shape index (κ1) is 28.4. The van der Waals surface area contributed by atoms with Crippen molar-refractivity contribution in [3.8, 4) is 0 Å². The van der Waals surface area contributed by atoms with Crippen LogP contribution in [0.4, 0.5) is 34.1 Å². The Balaban J connectivity index is 1.41. The lowest BCUT2D eigenvalue weighted by Crippen LogP contribution is -2.43. The molecule has 2 heteroatoms. The Morgan fingerprint density at radius 3 is 1.43 bits per heavy atom. The van der Waals surface area contributed by atoms with E-state index in [1.165, 1.54) is 89.4 Å². The van der Waals surface area contributed by atoms with Gasteiger partial charge in [0.2, 0.25) is 0 Å². The molecule has 0 spiro atoms. The second kappa shape index (κ2) is 9.16. The fraction of sp³-hybridized carbons (Fsp3) is 0.244. The van der Waals surface area contributed by atoms with E-state index in [0.717, 1.165) is 0 Å². The van der Waals surface area contributed by atoms with E-state index in [4.69, 9.17) is 0 Å². The summed E-state index contributed by atoms with van der Waals surface area (Å²) in [5.41, 5.74) is 18.2. The van der Waals surface area contributed by atoms with Crippen molar-refractivity contribution in [2.45, 2.75) is 71.6 Å². The highest BCUT2D eigenvalue weighted by molar-refractivity contribution is 6.02. The highest BCUT2D eigenvalue weighted by Gasteiger charge is 2.51. The number of aryl methyl sites for hydroxylation is 2. The zero-order chi connectivity index (χ0) is 32.6. The van der Waals surface area contributed by atoms with E-state index >= 15 is 0 Å². The fourth-order valence-electron chi connectivity index (χ4n) is 9.21. The molecule has 232 valence electrons. The summed E-state index contributed by atoms with van der Waals surface area (Å²) in [5, 5.41) is 2.50. The van der Waals surface area contributed by atoms with E-state index < -0.39 is 0 Å². The molecule has 0 fully saturated rings. The summed E-state index contributed by atoms with van der Waals surface area (Å²) >= 11 is 0. The van der Waals surface area contributed by atoms with Gasteiger partial charge in [-0.1, -0.05) is 120 Å². The van der Waals surface area contributed by atoms with Gasteiger partial charge < -0.3 is 9.80 Å². The number of anilines is 6. The zero-order valence-corrected chi connectivity index (χ0v) is 28.8. The quantitative estimate of drug-likeness (QED) is 0.197. The van der Waals surface area contributed by atoms with E-state index in [-0.39, 0.29) is 16.2 Å². The van der Waals surface area contributed by atoms with E-state index in [2.05, 4.69) is 174 Å². The molecule has 6 aromatic carbocycles. The van der Waals surface area contributed by atoms with Crippen LogP contribution in [0.5, 0.6) is 0 Å². The maximum absolute atomic E-state index is 2.66. The van der Waals surface area contributed by atoms with Gasteiger partial charge in [-0.25, -0.2) is 0 Å². The normalized spacial score (nSPS) is 17.0. The van der Waals surface area contributed by atoms with Crippen LogP contribution in [0.2, 0.25) is 0 Å². The zero-order valence-electron chi connectivity index (χ0n) is 28.8. The Hall–Kier alpha value is -4.82. The summed E-state index contributed by atoms with van der Waals surface area (Å²) in [4.78, 5) is 5.17. The monoisotopic (exact) mass is 610 g/mol. The van der Waals surface area contributed by atoms with Crippen molar-refractivity contribution in [1.82, 2.24) is 0 Å². The SMILES string of the molecule is Cc1cc(C)cc(N(c2cc3c4c(c2)C(C)(C)c2cccc5c2N4c2c(cccc2C3(C)C)C5(C)C)c2cccc3ccccc23)c1. The lowest BCUT2D eigenvalue weighted by molar-refractivity contribution is 0.566. The number of fused-ring (bicyclic) bond motifs is 1. The Kier molecular flexibility index (Phi) is 5.54. The highest BCUT2D eigenvalue weighted by atomic mass is 15.2. The van der Waals surface area contributed by atoms with Crippen LogP contribution >= 0.6 is 0 Å². The van der Waals surface area contributed by atoms with E-state index in [1.54, 1.807) is 0 Å². The predicted octanol–water partition coefficient (Wildman–Crippen LogP) is 12.3. The largest absolute Gasteiger partial charge is 0.310 e. The standard InChI is InChI=1S/C45H42N2/c1-27-22-28(2)24-30(23-27)46(39-21-11-15-29-14-9-10-16-32(29)39)31-25-37-42-38(26-31)45(7,8)36-20-13-18-34-41(36)47(42)40-33(43(34,3)4)17-12-19-35(40)44(37,5)6/h9-26H,1-8H3. The summed E-state index contributed by atoms with van der Waals surface area (Å²) < 4.78 is 0. The molecule has 0 unspecified atom stereocenters. The molecule has 0 saturated heterocycles. The molecule has 0 bridgehead atoms. The fourth-order valence-corrected chi connectivity index (χ4v) is 9.21. The summed E-state index contributed by atoms with van der Waals surface area (Å²) in [5.74, 6) is 0. The molecule has 9 rings (SSSR count). The molecular weight excluding hydrogens is 569 g/mol. The van der Waals surface area contributed by atoms with Gasteiger partial charge in [0.15, 0.2) is 0 Å². The van der Waals surface area contributed by atoms with Crippen molar-refractivity contribution in [2.24, 2.45) is 0 Å². The molecule has 0 aromatic heterocycles. The third-order valence-electron chi connectivity index (χ3n) is 11.6. The first-order valence-corrected chi connectivity index (χ1v) is 17.0. The van der Waals surface area contributed by atoms with Gasteiger partial charge in [-0.15, -0.1) is 0 Å². The molecule has 3 heterocycles. The molecule has 3 aliphatic rings. The van der Waals surface area contributed by atoms with Crippen molar-refractivity contribution in [1.29, 1.82) is 0 Å². The van der Waals surface area contributed by atoms with E-state index in [0.29, 0.717) is 0 Å². The Bertz CT molecular complexity index is 2200. The lowest BCUT2D eigenvalue weighted by atomic mass is 9.61. The van der Waals surface area contributed by atoms with Gasteiger partial charge in [-0.3, -0.25) is 0 Å². The minimum Gasteiger partial charge on any atom is -0.310 e. The van der Waals surface area contributed by atoms with Gasteiger partial charge in [0.25, 0.3) is 0 Å². The number of rotatable bonds is 3. The predicted molar refractivity (Wildman–Crippen MR) is 199 cm³/mol. The number of hydrogen-bond donors (Lipinski definition) is 0. The topological polar surface area (TPSA) is 6.48 Å². The molecule has 0 amide bonds. The molecule has 2 nitrogen and oxygen atoms in total. The van der Waals surface area contributed by atoms with Crippen molar-refractivity contribution >= 4 is 44.9 Å². The second-order valence-corrected chi connectivity index (χ2v) is 15.7. The van der Waals surface area contributed by atoms with Gasteiger partial charge in [-0.2, -0.15) is 0 Å². The second-order valence-electron chi connectivity index (χ2n) is 15.7. The number of hydrogen-bond acceptors (Lipinski definition) is 2. The molecule has 3 aliphatic heterocycles. The van der Waals surface area contributed by atoms with Crippen molar-refractivity contribution in [2.75, 3.05) is 9.80 Å². The number of benzene rings is 6. The molecule has 0 saturated carbocycles. The Morgan fingerprint density at radius 2 is 0.872 bits per heavy atom. The van der Waals surface area contributed by atoms with Crippen molar-refractivity contribution in [3.63, 3.8) is 0 Å². The smallest absolute Gasteiger partial charge is 0.0545 e. The van der Waals surface area contributed by atoms with Crippen LogP contribution in [0, 0.1) is 13.8 Å². The van der Waals surface area contributed by atoms with Gasteiger partial charge >= 0.3 is 0 Å². The minimum atomic E-state index is -0.204. The first-order chi connectivity index (χ1) is 22.4. The Morgan fingerprint density at radius 1 is 0.447 bits per heavy atom. The van der Waals surface area contributed by atoms with Crippen molar-refractivity contribution in [3.05, 3.63) is 154 Å². The lowest BCUT2D eigenvalue weighted by Gasteiger charge is -2.55. The first-order valence-electron chi connectivity index (χ1n) is 17.0. The third-order valence-corrected chi connectivity index (χ3v) is 11.6. The van der Waals surface area contributed by atoms with Crippen LogP contribution in [0.15, 0.2) is 109 Å². The maximum atomic E-state index is 2.66. The molecule has 47 heavy (non-hydrogen) atoms. The number of para-hydroxylation sites is 2. The van der Waals surface area contributed by atoms with Gasteiger partial charge in [0.1, 0.15) is 0 Å². The molecular formula is C45H42N2. The van der Waals surface area contributed by atoms with Crippen molar-refractivity contribution < 1.29 is 0 Å². The molecule has 0 atom stereocenters. The molecule has 6 aromatic rings. The van der Waals surface area contributed by atoms with E-state index in [1.807, 2.05) is 0 Å².